The van der Waals surface area contributed by atoms with Crippen molar-refractivity contribution < 1.29 is 4.74 Å². The van der Waals surface area contributed by atoms with Crippen LogP contribution in [0, 0.1) is 11.8 Å². The van der Waals surface area contributed by atoms with Gasteiger partial charge in [-0.25, -0.2) is 0 Å². The van der Waals surface area contributed by atoms with E-state index in [4.69, 9.17) is 4.74 Å². The summed E-state index contributed by atoms with van der Waals surface area (Å²) in [5.41, 5.74) is 1.34. The molecule has 0 spiro atoms. The maximum Gasteiger partial charge on any atom is 0.119 e. The zero-order valence-corrected chi connectivity index (χ0v) is 12.3. The largest absolute Gasteiger partial charge is 0.494 e. The minimum absolute atomic E-state index is 0.803. The van der Waals surface area contributed by atoms with E-state index < -0.39 is 0 Å². The van der Waals surface area contributed by atoms with Crippen molar-refractivity contribution in [3.8, 4) is 5.75 Å². The lowest BCUT2D eigenvalue weighted by atomic mass is 9.98. The van der Waals surface area contributed by atoms with Crippen molar-refractivity contribution in [1.29, 1.82) is 0 Å². The summed E-state index contributed by atoms with van der Waals surface area (Å²) in [4.78, 5) is 0. The van der Waals surface area contributed by atoms with E-state index in [1.54, 1.807) is 0 Å². The van der Waals surface area contributed by atoms with Crippen LogP contribution in [-0.4, -0.2) is 13.2 Å². The number of hydrogen-bond acceptors (Lipinski definition) is 2. The average molecular weight is 261 g/mol. The second-order valence-electron chi connectivity index (χ2n) is 5.79. The van der Waals surface area contributed by atoms with Gasteiger partial charge in [0, 0.05) is 6.54 Å². The Bertz CT molecular complexity index is 360. The molecule has 1 fully saturated rings. The Hall–Kier alpha value is -1.02. The van der Waals surface area contributed by atoms with E-state index in [9.17, 15) is 0 Å². The molecule has 0 bridgehead atoms. The summed E-state index contributed by atoms with van der Waals surface area (Å²) in [5, 5.41) is 3.60. The van der Waals surface area contributed by atoms with E-state index >= 15 is 0 Å². The number of ether oxygens (including phenoxy) is 1. The van der Waals surface area contributed by atoms with Crippen molar-refractivity contribution in [2.75, 3.05) is 13.2 Å². The Kier molecular flexibility index (Phi) is 5.71. The van der Waals surface area contributed by atoms with E-state index in [0.29, 0.717) is 0 Å². The molecule has 1 N–H and O–H groups in total. The molecular formula is C17H27NO. The van der Waals surface area contributed by atoms with Crippen molar-refractivity contribution in [2.45, 2.75) is 46.1 Å². The third kappa shape index (κ3) is 4.54. The summed E-state index contributed by atoms with van der Waals surface area (Å²) in [6, 6.07) is 8.47. The van der Waals surface area contributed by atoms with Gasteiger partial charge in [-0.15, -0.1) is 0 Å². The molecule has 0 aliphatic heterocycles. The van der Waals surface area contributed by atoms with Crippen LogP contribution in [0.2, 0.25) is 0 Å². The molecule has 0 heterocycles. The SMILES string of the molecule is CCCOc1ccc(CNCC2CCCC2C)cc1. The Morgan fingerprint density at radius 3 is 2.63 bits per heavy atom. The van der Waals surface area contributed by atoms with Crippen molar-refractivity contribution in [3.05, 3.63) is 29.8 Å². The fourth-order valence-electron chi connectivity index (χ4n) is 2.85. The van der Waals surface area contributed by atoms with Gasteiger partial charge in [-0.2, -0.15) is 0 Å². The number of nitrogens with one attached hydrogen (secondary N) is 1. The topological polar surface area (TPSA) is 21.3 Å². The van der Waals surface area contributed by atoms with Gasteiger partial charge in [-0.3, -0.25) is 0 Å². The van der Waals surface area contributed by atoms with Gasteiger partial charge in [0.25, 0.3) is 0 Å². The Labute approximate surface area is 117 Å². The molecule has 2 nitrogen and oxygen atoms in total. The van der Waals surface area contributed by atoms with Crippen LogP contribution in [0.3, 0.4) is 0 Å². The summed E-state index contributed by atoms with van der Waals surface area (Å²) in [6.07, 6.45) is 5.29. The molecule has 19 heavy (non-hydrogen) atoms. The molecule has 1 aliphatic rings. The van der Waals surface area contributed by atoms with Crippen LogP contribution < -0.4 is 10.1 Å². The first-order valence-corrected chi connectivity index (χ1v) is 7.72. The lowest BCUT2D eigenvalue weighted by molar-refractivity contribution is 0.317. The molecule has 0 radical (unpaired) electrons. The van der Waals surface area contributed by atoms with E-state index in [1.165, 1.54) is 24.8 Å². The monoisotopic (exact) mass is 261 g/mol. The first-order valence-electron chi connectivity index (χ1n) is 7.72. The first kappa shape index (κ1) is 14.4. The summed E-state index contributed by atoms with van der Waals surface area (Å²) >= 11 is 0. The Morgan fingerprint density at radius 1 is 1.21 bits per heavy atom. The zero-order chi connectivity index (χ0) is 13.5. The average Bonchev–Trinajstić information content (AvgIpc) is 2.84. The first-order chi connectivity index (χ1) is 9.29. The van der Waals surface area contributed by atoms with Crippen LogP contribution in [0.5, 0.6) is 5.75 Å². The quantitative estimate of drug-likeness (QED) is 0.801. The predicted octanol–water partition coefficient (Wildman–Crippen LogP) is 4.00. The maximum atomic E-state index is 5.59. The molecule has 1 aliphatic carbocycles. The third-order valence-electron chi connectivity index (χ3n) is 4.17. The molecule has 1 aromatic carbocycles. The van der Waals surface area contributed by atoms with E-state index in [0.717, 1.165) is 43.7 Å². The fraction of sp³-hybridized carbons (Fsp3) is 0.647. The smallest absolute Gasteiger partial charge is 0.119 e. The highest BCUT2D eigenvalue weighted by atomic mass is 16.5. The normalized spacial score (nSPS) is 22.6. The molecule has 1 aromatic rings. The van der Waals surface area contributed by atoms with Crippen LogP contribution in [0.4, 0.5) is 0 Å². The molecule has 0 saturated heterocycles. The molecule has 106 valence electrons. The standard InChI is InChI=1S/C17H27NO/c1-3-11-19-17-9-7-15(8-10-17)12-18-13-16-6-4-5-14(16)2/h7-10,14,16,18H,3-6,11-13H2,1-2H3. The fourth-order valence-corrected chi connectivity index (χ4v) is 2.85. The number of hydrogen-bond donors (Lipinski definition) is 1. The van der Waals surface area contributed by atoms with Crippen LogP contribution in [0.25, 0.3) is 0 Å². The highest BCUT2D eigenvalue weighted by Crippen LogP contribution is 2.30. The summed E-state index contributed by atoms with van der Waals surface area (Å²) in [5.74, 6) is 2.76. The third-order valence-corrected chi connectivity index (χ3v) is 4.17. The molecule has 1 saturated carbocycles. The minimum Gasteiger partial charge on any atom is -0.494 e. The lowest BCUT2D eigenvalue weighted by Gasteiger charge is -2.16. The molecule has 2 atom stereocenters. The highest BCUT2D eigenvalue weighted by Gasteiger charge is 2.22. The van der Waals surface area contributed by atoms with Gasteiger partial charge in [0.15, 0.2) is 0 Å². The maximum absolute atomic E-state index is 5.59. The van der Waals surface area contributed by atoms with Crippen molar-refractivity contribution >= 4 is 0 Å². The second kappa shape index (κ2) is 7.54. The van der Waals surface area contributed by atoms with Crippen LogP contribution >= 0.6 is 0 Å². The molecular weight excluding hydrogens is 234 g/mol. The molecule has 2 heteroatoms. The minimum atomic E-state index is 0.803. The van der Waals surface area contributed by atoms with Crippen molar-refractivity contribution in [3.63, 3.8) is 0 Å². The summed E-state index contributed by atoms with van der Waals surface area (Å²) < 4.78 is 5.59. The van der Waals surface area contributed by atoms with E-state index in [2.05, 4.69) is 43.4 Å². The van der Waals surface area contributed by atoms with Gasteiger partial charge in [0.05, 0.1) is 6.61 Å². The van der Waals surface area contributed by atoms with E-state index in [-0.39, 0.29) is 0 Å². The molecule has 2 rings (SSSR count). The van der Waals surface area contributed by atoms with Gasteiger partial charge >= 0.3 is 0 Å². The zero-order valence-electron chi connectivity index (χ0n) is 12.3. The van der Waals surface area contributed by atoms with Crippen molar-refractivity contribution in [2.24, 2.45) is 11.8 Å². The van der Waals surface area contributed by atoms with Gasteiger partial charge in [-0.05, 0) is 48.9 Å². The highest BCUT2D eigenvalue weighted by molar-refractivity contribution is 5.27. The van der Waals surface area contributed by atoms with E-state index in [1.807, 2.05) is 0 Å². The summed E-state index contributed by atoms with van der Waals surface area (Å²) in [7, 11) is 0. The van der Waals surface area contributed by atoms with Gasteiger partial charge in [-0.1, -0.05) is 38.8 Å². The van der Waals surface area contributed by atoms with Gasteiger partial charge in [0.1, 0.15) is 5.75 Å². The lowest BCUT2D eigenvalue weighted by Crippen LogP contribution is -2.23. The molecule has 0 aromatic heterocycles. The predicted molar refractivity (Wildman–Crippen MR) is 80.4 cm³/mol. The number of rotatable bonds is 7. The Morgan fingerprint density at radius 2 is 2.00 bits per heavy atom. The summed E-state index contributed by atoms with van der Waals surface area (Å²) in [6.45, 7) is 7.45. The van der Waals surface area contributed by atoms with Crippen LogP contribution in [-0.2, 0) is 6.54 Å². The second-order valence-corrected chi connectivity index (χ2v) is 5.79. The molecule has 0 amide bonds. The molecule has 2 unspecified atom stereocenters. The van der Waals surface area contributed by atoms with Crippen LogP contribution in [0.1, 0.15) is 45.1 Å². The number of benzene rings is 1. The Balaban J connectivity index is 1.70. The van der Waals surface area contributed by atoms with Crippen LogP contribution in [0.15, 0.2) is 24.3 Å². The van der Waals surface area contributed by atoms with Crippen molar-refractivity contribution in [1.82, 2.24) is 5.32 Å². The van der Waals surface area contributed by atoms with Gasteiger partial charge < -0.3 is 10.1 Å². The van der Waals surface area contributed by atoms with Gasteiger partial charge in [0.2, 0.25) is 0 Å².